The average Bonchev–Trinajstić information content (AvgIpc) is 3.34. The predicted molar refractivity (Wildman–Crippen MR) is 110 cm³/mol. The lowest BCUT2D eigenvalue weighted by Crippen LogP contribution is -2.67. The molecule has 1 saturated carbocycles. The van der Waals surface area contributed by atoms with Crippen molar-refractivity contribution in [1.82, 2.24) is 20.4 Å². The molecule has 7 nitrogen and oxygen atoms in total. The van der Waals surface area contributed by atoms with Crippen LogP contribution in [0, 0.1) is 23.7 Å². The first-order valence-electron chi connectivity index (χ1n) is 11.0. The van der Waals surface area contributed by atoms with Crippen LogP contribution in [0.4, 0.5) is 4.79 Å². The summed E-state index contributed by atoms with van der Waals surface area (Å²) < 4.78 is 5.14. The largest absolute Gasteiger partial charge is 0.448 e. The number of nitrogens with two attached hydrogens (primary N) is 1. The third kappa shape index (κ3) is 4.43. The van der Waals surface area contributed by atoms with Gasteiger partial charge in [-0.25, -0.2) is 4.79 Å². The van der Waals surface area contributed by atoms with Gasteiger partial charge in [-0.2, -0.15) is 0 Å². The zero-order chi connectivity index (χ0) is 19.7. The highest BCUT2D eigenvalue weighted by Crippen LogP contribution is 2.35. The van der Waals surface area contributed by atoms with Crippen LogP contribution in [0.2, 0.25) is 0 Å². The van der Waals surface area contributed by atoms with Crippen LogP contribution in [0.15, 0.2) is 0 Å². The molecule has 8 heteroatoms. The number of rotatable bonds is 5. The Labute approximate surface area is 173 Å². The first-order chi connectivity index (χ1) is 13.5. The molecule has 0 radical (unpaired) electrons. The van der Waals surface area contributed by atoms with E-state index in [-0.39, 0.29) is 23.8 Å². The van der Waals surface area contributed by atoms with Gasteiger partial charge in [-0.05, 0) is 50.0 Å². The van der Waals surface area contributed by atoms with Gasteiger partial charge >= 0.3 is 6.09 Å². The molecule has 7 atom stereocenters. The smallest absolute Gasteiger partial charge is 0.409 e. The molecule has 0 spiro atoms. The molecule has 1 aliphatic carbocycles. The maximum absolute atomic E-state index is 12.0. The topological polar surface area (TPSA) is 82.9 Å². The minimum absolute atomic E-state index is 0.173. The molecule has 0 aromatic heterocycles. The SMILES string of the molecule is CC1CCC(C2NCC(CN3CCOC3=O)C(N3CCC(CN)C3)N2)CC1Cl. The average molecular weight is 414 g/mol. The number of hydrogen-bond donors (Lipinski definition) is 3. The van der Waals surface area contributed by atoms with Crippen molar-refractivity contribution in [3.63, 3.8) is 0 Å². The number of nitrogens with one attached hydrogen (secondary N) is 2. The zero-order valence-corrected chi connectivity index (χ0v) is 17.7. The van der Waals surface area contributed by atoms with Crippen LogP contribution in [-0.4, -0.2) is 79.5 Å². The van der Waals surface area contributed by atoms with E-state index >= 15 is 0 Å². The molecule has 4 N–H and O–H groups in total. The third-order valence-corrected chi connectivity index (χ3v) is 7.96. The van der Waals surface area contributed by atoms with E-state index in [1.54, 1.807) is 0 Å². The first kappa shape index (κ1) is 20.7. The second-order valence-electron chi connectivity index (χ2n) is 9.27. The van der Waals surface area contributed by atoms with Crippen molar-refractivity contribution in [3.05, 3.63) is 0 Å². The highest BCUT2D eigenvalue weighted by molar-refractivity contribution is 6.20. The standard InChI is InChI=1S/C20H36ClN5O2/c1-13-2-3-15(8-17(13)21)18-23-10-16(12-26-6-7-28-20(26)27)19(24-18)25-5-4-14(9-22)11-25/h13-19,23-24H,2-12,22H2,1H3. The van der Waals surface area contributed by atoms with Gasteiger partial charge in [0.2, 0.25) is 0 Å². The summed E-state index contributed by atoms with van der Waals surface area (Å²) >= 11 is 6.60. The highest BCUT2D eigenvalue weighted by Gasteiger charge is 2.42. The number of carbonyl (C=O) groups excluding carboxylic acids is 1. The number of cyclic esters (lactones) is 1. The summed E-state index contributed by atoms with van der Waals surface area (Å²) in [5.74, 6) is 2.09. The summed E-state index contributed by atoms with van der Waals surface area (Å²) in [6.45, 7) is 7.99. The Kier molecular flexibility index (Phi) is 6.67. The quantitative estimate of drug-likeness (QED) is 0.588. The van der Waals surface area contributed by atoms with E-state index in [9.17, 15) is 4.79 Å². The highest BCUT2D eigenvalue weighted by atomic mass is 35.5. The normalized spacial score (nSPS) is 42.8. The molecular formula is C20H36ClN5O2. The predicted octanol–water partition coefficient (Wildman–Crippen LogP) is 1.22. The molecule has 3 aliphatic heterocycles. The summed E-state index contributed by atoms with van der Waals surface area (Å²) in [4.78, 5) is 16.4. The van der Waals surface area contributed by atoms with E-state index in [0.717, 1.165) is 45.6 Å². The van der Waals surface area contributed by atoms with Gasteiger partial charge in [0.25, 0.3) is 0 Å². The van der Waals surface area contributed by atoms with E-state index < -0.39 is 0 Å². The summed E-state index contributed by atoms with van der Waals surface area (Å²) in [6.07, 6.45) is 5.03. The molecule has 28 heavy (non-hydrogen) atoms. The molecule has 4 rings (SSSR count). The lowest BCUT2D eigenvalue weighted by molar-refractivity contribution is 0.0413. The second-order valence-corrected chi connectivity index (χ2v) is 9.83. The molecular weight excluding hydrogens is 378 g/mol. The van der Waals surface area contributed by atoms with Gasteiger partial charge in [-0.15, -0.1) is 11.6 Å². The Hall–Kier alpha value is -0.600. The van der Waals surface area contributed by atoms with Crippen LogP contribution >= 0.6 is 11.6 Å². The number of ether oxygens (including phenoxy) is 1. The van der Waals surface area contributed by atoms with Crippen LogP contribution in [0.25, 0.3) is 0 Å². The lowest BCUT2D eigenvalue weighted by atomic mass is 9.80. The van der Waals surface area contributed by atoms with Gasteiger partial charge < -0.3 is 20.7 Å². The van der Waals surface area contributed by atoms with Crippen LogP contribution in [-0.2, 0) is 4.74 Å². The Balaban J connectivity index is 1.43. The molecule has 3 saturated heterocycles. The van der Waals surface area contributed by atoms with Crippen molar-refractivity contribution >= 4 is 17.7 Å². The van der Waals surface area contributed by atoms with Gasteiger partial charge in [0, 0.05) is 37.5 Å². The number of nitrogens with zero attached hydrogens (tertiary/aromatic N) is 2. The van der Waals surface area contributed by atoms with E-state index in [1.807, 2.05) is 4.90 Å². The lowest BCUT2D eigenvalue weighted by Gasteiger charge is -2.47. The fourth-order valence-electron chi connectivity index (χ4n) is 5.42. The Morgan fingerprint density at radius 3 is 2.82 bits per heavy atom. The van der Waals surface area contributed by atoms with Gasteiger partial charge in [0.15, 0.2) is 0 Å². The van der Waals surface area contributed by atoms with Crippen molar-refractivity contribution < 1.29 is 9.53 Å². The summed E-state index contributed by atoms with van der Waals surface area (Å²) in [6, 6.07) is 0. The first-order valence-corrected chi connectivity index (χ1v) is 11.5. The molecule has 160 valence electrons. The number of alkyl halides is 1. The molecule has 0 bridgehead atoms. The van der Waals surface area contributed by atoms with Crippen LogP contribution in [0.5, 0.6) is 0 Å². The minimum atomic E-state index is -0.173. The summed E-state index contributed by atoms with van der Waals surface area (Å²) in [5.41, 5.74) is 5.94. The van der Waals surface area contributed by atoms with Crippen molar-refractivity contribution in [2.24, 2.45) is 29.4 Å². The number of amides is 1. The van der Waals surface area contributed by atoms with E-state index in [0.29, 0.717) is 36.8 Å². The van der Waals surface area contributed by atoms with Crippen molar-refractivity contribution in [2.75, 3.05) is 45.9 Å². The van der Waals surface area contributed by atoms with Crippen molar-refractivity contribution in [3.8, 4) is 0 Å². The minimum Gasteiger partial charge on any atom is -0.448 e. The maximum Gasteiger partial charge on any atom is 0.409 e. The Morgan fingerprint density at radius 1 is 1.29 bits per heavy atom. The third-order valence-electron chi connectivity index (χ3n) is 7.35. The molecule has 7 unspecified atom stereocenters. The molecule has 4 fully saturated rings. The summed E-state index contributed by atoms with van der Waals surface area (Å²) in [5, 5.41) is 7.93. The van der Waals surface area contributed by atoms with Gasteiger partial charge in [0.1, 0.15) is 6.61 Å². The van der Waals surface area contributed by atoms with E-state index in [1.165, 1.54) is 12.8 Å². The second kappa shape index (κ2) is 9.04. The van der Waals surface area contributed by atoms with Gasteiger partial charge in [0.05, 0.1) is 18.9 Å². The number of likely N-dealkylation sites (tertiary alicyclic amines) is 1. The molecule has 4 aliphatic rings. The van der Waals surface area contributed by atoms with E-state index in [4.69, 9.17) is 22.1 Å². The monoisotopic (exact) mass is 413 g/mol. The molecule has 0 aromatic rings. The Morgan fingerprint density at radius 2 is 2.14 bits per heavy atom. The zero-order valence-electron chi connectivity index (χ0n) is 17.0. The Bertz CT molecular complexity index is 553. The molecule has 1 amide bonds. The van der Waals surface area contributed by atoms with Gasteiger partial charge in [-0.3, -0.25) is 10.2 Å². The van der Waals surface area contributed by atoms with E-state index in [2.05, 4.69) is 22.5 Å². The van der Waals surface area contributed by atoms with Crippen LogP contribution in [0.3, 0.4) is 0 Å². The molecule has 3 heterocycles. The molecule has 0 aromatic carbocycles. The number of halogens is 1. The fraction of sp³-hybridized carbons (Fsp3) is 0.950. The number of carbonyl (C=O) groups is 1. The van der Waals surface area contributed by atoms with Crippen LogP contribution in [0.1, 0.15) is 32.6 Å². The summed E-state index contributed by atoms with van der Waals surface area (Å²) in [7, 11) is 0. The maximum atomic E-state index is 12.0. The number of hydrogen-bond acceptors (Lipinski definition) is 6. The fourth-order valence-corrected chi connectivity index (χ4v) is 5.78. The van der Waals surface area contributed by atoms with Crippen molar-refractivity contribution in [2.45, 2.75) is 50.3 Å². The van der Waals surface area contributed by atoms with Crippen LogP contribution < -0.4 is 16.4 Å². The van der Waals surface area contributed by atoms with Crippen molar-refractivity contribution in [1.29, 1.82) is 0 Å². The van der Waals surface area contributed by atoms with Gasteiger partial charge in [-0.1, -0.05) is 6.92 Å².